The number of carbonyl (C=O) groups is 1. The van der Waals surface area contributed by atoms with Crippen molar-refractivity contribution in [3.05, 3.63) is 131 Å². The van der Waals surface area contributed by atoms with E-state index >= 15 is 0 Å². The van der Waals surface area contributed by atoms with Crippen molar-refractivity contribution in [2.45, 2.75) is 25.9 Å². The normalized spacial score (nSPS) is 16.0. The van der Waals surface area contributed by atoms with Crippen molar-refractivity contribution in [1.29, 1.82) is 0 Å². The molecule has 6 rings (SSSR count). The van der Waals surface area contributed by atoms with E-state index in [1.807, 2.05) is 84.9 Å². The van der Waals surface area contributed by atoms with Gasteiger partial charge in [-0.1, -0.05) is 12.1 Å². The van der Waals surface area contributed by atoms with E-state index < -0.39 is 0 Å². The van der Waals surface area contributed by atoms with Crippen LogP contribution in [-0.4, -0.2) is 34.9 Å². The summed E-state index contributed by atoms with van der Waals surface area (Å²) in [7, 11) is 3.03. The first kappa shape index (κ1) is 28.9. The number of carbonyl (C=O) groups excluding carboxylic acids is 1. The fourth-order valence-corrected chi connectivity index (χ4v) is 6.12. The zero-order valence-corrected chi connectivity index (χ0v) is 25.7. The van der Waals surface area contributed by atoms with Gasteiger partial charge in [-0.3, -0.25) is 4.98 Å². The Morgan fingerprint density at radius 3 is 2.20 bits per heavy atom. The molecule has 1 aliphatic rings. The lowest BCUT2D eigenvalue weighted by Crippen LogP contribution is -2.29. The van der Waals surface area contributed by atoms with Crippen LogP contribution in [-0.2, 0) is 4.74 Å². The monoisotopic (exact) mass is 604 g/mol. The predicted molar refractivity (Wildman–Crippen MR) is 174 cm³/mol. The second kappa shape index (κ2) is 12.2. The minimum absolute atomic E-state index is 0.200. The van der Waals surface area contributed by atoms with Crippen molar-refractivity contribution in [2.24, 2.45) is 0 Å². The van der Waals surface area contributed by atoms with E-state index in [2.05, 4.69) is 34.7 Å². The van der Waals surface area contributed by atoms with Crippen molar-refractivity contribution in [1.82, 2.24) is 14.9 Å². The molecule has 1 N–H and O–H groups in total. The summed E-state index contributed by atoms with van der Waals surface area (Å²) < 4.78 is 18.4. The third-order valence-corrected chi connectivity index (χ3v) is 8.14. The van der Waals surface area contributed by atoms with Gasteiger partial charge >= 0.3 is 5.97 Å². The summed E-state index contributed by atoms with van der Waals surface area (Å²) in [6.45, 7) is 4.15. The minimum atomic E-state index is -0.374. The molecule has 3 aromatic carbocycles. The number of aryl methyl sites for hydroxylation is 1. The Labute approximate surface area is 261 Å². The van der Waals surface area contributed by atoms with Gasteiger partial charge in [0.2, 0.25) is 0 Å². The van der Waals surface area contributed by atoms with Gasteiger partial charge in [-0.15, -0.1) is 0 Å². The molecule has 0 bridgehead atoms. The van der Waals surface area contributed by atoms with Crippen LogP contribution < -0.4 is 19.7 Å². The summed E-state index contributed by atoms with van der Waals surface area (Å²) in [5.41, 5.74) is 6.33. The standard InChI is InChI=1S/C35H32N4O4S/c1-22-20-30(23(2)38(22)26-9-7-8-24(21-26)34(40)42-4)33-32(31-10-5-6-19-36-31)37-35(44)39(33)25-11-13-28(14-12-25)43-29-17-15-27(41-3)16-18-29/h5-21,32-33H,1-4H3,(H,37,44)/t32-,33-/m1/s1. The van der Waals surface area contributed by atoms with Crippen LogP contribution in [0.4, 0.5) is 5.69 Å². The molecule has 44 heavy (non-hydrogen) atoms. The summed E-state index contributed by atoms with van der Waals surface area (Å²) in [6.07, 6.45) is 1.80. The smallest absolute Gasteiger partial charge is 0.337 e. The molecule has 0 spiro atoms. The van der Waals surface area contributed by atoms with Gasteiger partial charge < -0.3 is 29.0 Å². The fraction of sp³-hybridized carbons (Fsp3) is 0.171. The third kappa shape index (κ3) is 5.49. The van der Waals surface area contributed by atoms with Gasteiger partial charge in [0.15, 0.2) is 5.11 Å². The molecule has 1 fully saturated rings. The van der Waals surface area contributed by atoms with Crippen LogP contribution in [0.2, 0.25) is 0 Å². The summed E-state index contributed by atoms with van der Waals surface area (Å²) in [5, 5.41) is 4.14. The van der Waals surface area contributed by atoms with Crippen LogP contribution in [0.15, 0.2) is 103 Å². The van der Waals surface area contributed by atoms with Crippen LogP contribution in [0, 0.1) is 13.8 Å². The highest BCUT2D eigenvalue weighted by Gasteiger charge is 2.42. The van der Waals surface area contributed by atoms with Crippen molar-refractivity contribution < 1.29 is 19.0 Å². The zero-order chi connectivity index (χ0) is 30.8. The van der Waals surface area contributed by atoms with Gasteiger partial charge in [0.25, 0.3) is 0 Å². The second-order valence-electron chi connectivity index (χ2n) is 10.5. The highest BCUT2D eigenvalue weighted by Crippen LogP contribution is 2.44. The quantitative estimate of drug-likeness (QED) is 0.147. The Kier molecular flexibility index (Phi) is 8.04. The largest absolute Gasteiger partial charge is 0.497 e. The number of esters is 1. The van der Waals surface area contributed by atoms with Gasteiger partial charge in [0.1, 0.15) is 17.2 Å². The van der Waals surface area contributed by atoms with Gasteiger partial charge in [-0.25, -0.2) is 4.79 Å². The zero-order valence-electron chi connectivity index (χ0n) is 24.9. The molecule has 0 aliphatic carbocycles. The Bertz CT molecular complexity index is 1800. The Hall–Kier alpha value is -5.15. The van der Waals surface area contributed by atoms with Crippen molar-refractivity contribution in [3.8, 4) is 22.9 Å². The summed E-state index contributed by atoms with van der Waals surface area (Å²) in [5.74, 6) is 1.82. The Balaban J connectivity index is 1.39. The molecule has 0 amide bonds. The molecule has 0 unspecified atom stereocenters. The molecule has 2 aromatic heterocycles. The number of rotatable bonds is 8. The molecule has 8 nitrogen and oxygen atoms in total. The van der Waals surface area contributed by atoms with E-state index in [4.69, 9.17) is 31.4 Å². The number of nitrogens with one attached hydrogen (secondary N) is 1. The van der Waals surface area contributed by atoms with Crippen molar-refractivity contribution >= 4 is 29.0 Å². The third-order valence-electron chi connectivity index (χ3n) is 7.82. The molecule has 5 aromatic rings. The number of nitrogens with zero attached hydrogens (tertiary/aromatic N) is 3. The minimum Gasteiger partial charge on any atom is -0.497 e. The number of methoxy groups -OCH3 is 2. The number of hydrogen-bond acceptors (Lipinski definition) is 6. The molecule has 0 saturated carbocycles. The molecule has 2 atom stereocenters. The van der Waals surface area contributed by atoms with Crippen LogP contribution in [0.25, 0.3) is 5.69 Å². The first-order chi connectivity index (χ1) is 21.4. The number of pyridine rings is 1. The van der Waals surface area contributed by atoms with Crippen LogP contribution in [0.3, 0.4) is 0 Å². The van der Waals surface area contributed by atoms with E-state index in [9.17, 15) is 4.79 Å². The summed E-state index contributed by atoms with van der Waals surface area (Å²) in [6, 6.07) is 30.5. The topological polar surface area (TPSA) is 77.9 Å². The maximum Gasteiger partial charge on any atom is 0.337 e. The first-order valence-electron chi connectivity index (χ1n) is 14.2. The molecular formula is C35H32N4O4S. The lowest BCUT2D eigenvalue weighted by molar-refractivity contribution is 0.0600. The predicted octanol–water partition coefficient (Wildman–Crippen LogP) is 7.25. The number of hydrogen-bond donors (Lipinski definition) is 1. The van der Waals surface area contributed by atoms with Gasteiger partial charge in [0, 0.05) is 29.0 Å². The molecule has 0 radical (unpaired) electrons. The van der Waals surface area contributed by atoms with E-state index in [0.717, 1.165) is 39.8 Å². The maximum absolute atomic E-state index is 12.3. The summed E-state index contributed by atoms with van der Waals surface area (Å²) >= 11 is 5.96. The molecule has 1 saturated heterocycles. The number of aromatic nitrogens is 2. The lowest BCUT2D eigenvalue weighted by Gasteiger charge is -2.28. The van der Waals surface area contributed by atoms with Gasteiger partial charge in [-0.05, 0) is 117 Å². The number of benzene rings is 3. The number of thiocarbonyl (C=S) groups is 1. The molecular weight excluding hydrogens is 572 g/mol. The Morgan fingerprint density at radius 2 is 1.55 bits per heavy atom. The van der Waals surface area contributed by atoms with Crippen LogP contribution in [0.1, 0.15) is 45.1 Å². The van der Waals surface area contributed by atoms with Crippen molar-refractivity contribution in [2.75, 3.05) is 19.1 Å². The average molecular weight is 605 g/mol. The number of ether oxygens (including phenoxy) is 3. The van der Waals surface area contributed by atoms with Crippen LogP contribution >= 0.6 is 12.2 Å². The highest BCUT2D eigenvalue weighted by atomic mass is 32.1. The molecule has 1 aliphatic heterocycles. The highest BCUT2D eigenvalue weighted by molar-refractivity contribution is 7.80. The molecule has 3 heterocycles. The fourth-order valence-electron chi connectivity index (χ4n) is 5.78. The molecule has 222 valence electrons. The SMILES string of the molecule is COC(=O)c1cccc(-n2c(C)cc([C@@H]3[C@@H](c4ccccn4)NC(=S)N3c3ccc(Oc4ccc(OC)cc4)cc3)c2C)c1. The second-order valence-corrected chi connectivity index (χ2v) is 10.9. The molecule has 9 heteroatoms. The maximum atomic E-state index is 12.3. The van der Waals surface area contributed by atoms with Crippen molar-refractivity contribution in [3.63, 3.8) is 0 Å². The average Bonchev–Trinajstić information content (AvgIpc) is 3.56. The Morgan fingerprint density at radius 1 is 0.841 bits per heavy atom. The van der Waals surface area contributed by atoms with E-state index in [1.54, 1.807) is 19.4 Å². The van der Waals surface area contributed by atoms with E-state index in [1.165, 1.54) is 7.11 Å². The van der Waals surface area contributed by atoms with Crippen LogP contribution in [0.5, 0.6) is 17.2 Å². The lowest BCUT2D eigenvalue weighted by atomic mass is 9.96. The summed E-state index contributed by atoms with van der Waals surface area (Å²) in [4.78, 5) is 19.1. The van der Waals surface area contributed by atoms with Gasteiger partial charge in [0.05, 0.1) is 37.6 Å². The van der Waals surface area contributed by atoms with E-state index in [-0.39, 0.29) is 18.1 Å². The number of anilines is 1. The van der Waals surface area contributed by atoms with Gasteiger partial charge in [-0.2, -0.15) is 0 Å². The first-order valence-corrected chi connectivity index (χ1v) is 14.6. The van der Waals surface area contributed by atoms with E-state index in [0.29, 0.717) is 22.2 Å².